The number of nitrogens with two attached hydrogens (primary N) is 1. The van der Waals surface area contributed by atoms with Gasteiger partial charge in [-0.1, -0.05) is 12.1 Å². The predicted molar refractivity (Wildman–Crippen MR) is 59.6 cm³/mol. The summed E-state index contributed by atoms with van der Waals surface area (Å²) in [6.07, 6.45) is 1.66. The third kappa shape index (κ3) is 1.04. The molecular formula is C11H7N5. The van der Waals surface area contributed by atoms with Crippen LogP contribution >= 0.6 is 0 Å². The number of hydrogen-bond donors (Lipinski definition) is 1. The van der Waals surface area contributed by atoms with Crippen molar-refractivity contribution < 1.29 is 0 Å². The summed E-state index contributed by atoms with van der Waals surface area (Å²) in [6, 6.07) is 9.65. The topological polar surface area (TPSA) is 80.0 Å². The van der Waals surface area contributed by atoms with Gasteiger partial charge in [0.15, 0.2) is 0 Å². The van der Waals surface area contributed by atoms with Crippen LogP contribution in [0, 0.1) is 11.3 Å². The van der Waals surface area contributed by atoms with E-state index in [9.17, 15) is 0 Å². The van der Waals surface area contributed by atoms with Crippen molar-refractivity contribution in [1.82, 2.24) is 14.4 Å². The van der Waals surface area contributed by atoms with Crippen molar-refractivity contribution in [2.75, 3.05) is 5.73 Å². The summed E-state index contributed by atoms with van der Waals surface area (Å²) in [5, 5.41) is 8.88. The first kappa shape index (κ1) is 8.68. The Bertz CT molecular complexity index is 735. The fourth-order valence-corrected chi connectivity index (χ4v) is 1.69. The van der Waals surface area contributed by atoms with Gasteiger partial charge < -0.3 is 5.73 Å². The Balaban J connectivity index is 2.53. The van der Waals surface area contributed by atoms with Crippen LogP contribution in [0.1, 0.15) is 5.56 Å². The minimum atomic E-state index is 0.213. The summed E-state index contributed by atoms with van der Waals surface area (Å²) in [4.78, 5) is 8.40. The molecule has 0 radical (unpaired) electrons. The number of aromatic nitrogens is 3. The fourth-order valence-electron chi connectivity index (χ4n) is 1.69. The van der Waals surface area contributed by atoms with Crippen LogP contribution in [0.25, 0.3) is 16.8 Å². The van der Waals surface area contributed by atoms with Crippen LogP contribution in [0.15, 0.2) is 30.5 Å². The Morgan fingerprint density at radius 2 is 2.06 bits per heavy atom. The summed E-state index contributed by atoms with van der Waals surface area (Å²) in [6.45, 7) is 0. The summed E-state index contributed by atoms with van der Waals surface area (Å²) >= 11 is 0. The minimum Gasteiger partial charge on any atom is -0.382 e. The van der Waals surface area contributed by atoms with Gasteiger partial charge in [-0.25, -0.2) is 4.98 Å². The molecule has 2 N–H and O–H groups in total. The smallest absolute Gasteiger partial charge is 0.236 e. The zero-order chi connectivity index (χ0) is 11.1. The van der Waals surface area contributed by atoms with E-state index in [0.29, 0.717) is 11.3 Å². The van der Waals surface area contributed by atoms with Crippen molar-refractivity contribution in [3.63, 3.8) is 0 Å². The van der Waals surface area contributed by atoms with Gasteiger partial charge in [0, 0.05) is 6.20 Å². The second-order valence-electron chi connectivity index (χ2n) is 3.42. The quantitative estimate of drug-likeness (QED) is 0.605. The molecule has 16 heavy (non-hydrogen) atoms. The number of hydrogen-bond acceptors (Lipinski definition) is 4. The molecule has 0 saturated heterocycles. The number of benzene rings is 1. The summed E-state index contributed by atoms with van der Waals surface area (Å²) in [5.74, 6) is 0.725. The molecule has 0 aliphatic heterocycles. The molecule has 0 amide bonds. The maximum atomic E-state index is 8.88. The average molecular weight is 209 g/mol. The van der Waals surface area contributed by atoms with Gasteiger partial charge in [-0.05, 0) is 12.1 Å². The molecule has 76 valence electrons. The van der Waals surface area contributed by atoms with E-state index in [0.717, 1.165) is 11.0 Å². The van der Waals surface area contributed by atoms with Crippen LogP contribution in [0.3, 0.4) is 0 Å². The normalized spacial score (nSPS) is 10.7. The van der Waals surface area contributed by atoms with Crippen molar-refractivity contribution in [3.8, 4) is 6.07 Å². The Morgan fingerprint density at radius 1 is 1.25 bits per heavy atom. The van der Waals surface area contributed by atoms with Gasteiger partial charge in [0.2, 0.25) is 5.78 Å². The zero-order valence-electron chi connectivity index (χ0n) is 8.25. The van der Waals surface area contributed by atoms with Crippen LogP contribution in [0.4, 0.5) is 5.82 Å². The molecule has 0 aliphatic rings. The molecule has 3 rings (SSSR count). The number of rotatable bonds is 0. The van der Waals surface area contributed by atoms with Crippen LogP contribution in [0.2, 0.25) is 0 Å². The first-order valence-corrected chi connectivity index (χ1v) is 4.73. The SMILES string of the molecule is N#Cc1cn2c(nc1N)nc1ccccc12. The number of nitrogens with zero attached hydrogens (tertiary/aromatic N) is 4. The second-order valence-corrected chi connectivity index (χ2v) is 3.42. The van der Waals surface area contributed by atoms with Crippen LogP contribution < -0.4 is 5.73 Å². The highest BCUT2D eigenvalue weighted by molar-refractivity contribution is 5.80. The molecule has 0 bridgehead atoms. The lowest BCUT2D eigenvalue weighted by Crippen LogP contribution is -1.99. The molecule has 2 heterocycles. The van der Waals surface area contributed by atoms with Crippen molar-refractivity contribution in [1.29, 1.82) is 5.26 Å². The van der Waals surface area contributed by atoms with Gasteiger partial charge in [-0.15, -0.1) is 0 Å². The van der Waals surface area contributed by atoms with E-state index in [1.165, 1.54) is 0 Å². The van der Waals surface area contributed by atoms with Crippen LogP contribution in [-0.2, 0) is 0 Å². The van der Waals surface area contributed by atoms with E-state index in [1.807, 2.05) is 30.3 Å². The number of para-hydroxylation sites is 2. The monoisotopic (exact) mass is 209 g/mol. The highest BCUT2D eigenvalue weighted by atomic mass is 15.1. The molecule has 3 aromatic rings. The summed E-state index contributed by atoms with van der Waals surface area (Å²) in [5.41, 5.74) is 7.74. The Morgan fingerprint density at radius 3 is 2.88 bits per heavy atom. The number of nitrogen functional groups attached to an aromatic ring is 1. The van der Waals surface area contributed by atoms with E-state index in [1.54, 1.807) is 10.6 Å². The highest BCUT2D eigenvalue weighted by Gasteiger charge is 2.08. The molecule has 0 unspecified atom stereocenters. The Kier molecular flexibility index (Phi) is 1.59. The minimum absolute atomic E-state index is 0.213. The van der Waals surface area contributed by atoms with Crippen molar-refractivity contribution in [2.24, 2.45) is 0 Å². The molecule has 5 heteroatoms. The molecule has 0 aliphatic carbocycles. The van der Waals surface area contributed by atoms with E-state index in [-0.39, 0.29) is 5.82 Å². The first-order valence-electron chi connectivity index (χ1n) is 4.73. The average Bonchev–Trinajstić information content (AvgIpc) is 2.65. The molecular weight excluding hydrogens is 202 g/mol. The molecule has 0 atom stereocenters. The first-order chi connectivity index (χ1) is 7.79. The lowest BCUT2D eigenvalue weighted by Gasteiger charge is -1.98. The number of imidazole rings is 1. The maximum absolute atomic E-state index is 8.88. The van der Waals surface area contributed by atoms with E-state index >= 15 is 0 Å². The van der Waals surface area contributed by atoms with Gasteiger partial charge in [0.1, 0.15) is 17.5 Å². The highest BCUT2D eigenvalue weighted by Crippen LogP contribution is 2.17. The second kappa shape index (κ2) is 2.94. The zero-order valence-corrected chi connectivity index (χ0v) is 8.25. The molecule has 0 saturated carbocycles. The Labute approximate surface area is 90.8 Å². The molecule has 0 fully saturated rings. The van der Waals surface area contributed by atoms with E-state index in [2.05, 4.69) is 9.97 Å². The molecule has 1 aromatic carbocycles. The van der Waals surface area contributed by atoms with Crippen LogP contribution in [-0.4, -0.2) is 14.4 Å². The third-order valence-electron chi connectivity index (χ3n) is 2.45. The largest absolute Gasteiger partial charge is 0.382 e. The molecule has 2 aromatic heterocycles. The maximum Gasteiger partial charge on any atom is 0.236 e. The molecule has 0 spiro atoms. The fraction of sp³-hybridized carbons (Fsp3) is 0. The van der Waals surface area contributed by atoms with E-state index < -0.39 is 0 Å². The Hall–Kier alpha value is -2.61. The van der Waals surface area contributed by atoms with Gasteiger partial charge in [-0.2, -0.15) is 10.2 Å². The van der Waals surface area contributed by atoms with Gasteiger partial charge in [0.05, 0.1) is 11.0 Å². The van der Waals surface area contributed by atoms with Crippen LogP contribution in [0.5, 0.6) is 0 Å². The summed E-state index contributed by atoms with van der Waals surface area (Å²) < 4.78 is 1.77. The lowest BCUT2D eigenvalue weighted by atomic mass is 10.3. The standard InChI is InChI=1S/C11H7N5/c12-5-7-6-16-9-4-2-1-3-8(9)14-11(16)15-10(7)13/h1-4,6H,(H2,13,14,15). The molecule has 5 nitrogen and oxygen atoms in total. The van der Waals surface area contributed by atoms with Gasteiger partial charge in [-0.3, -0.25) is 4.40 Å². The van der Waals surface area contributed by atoms with Crippen molar-refractivity contribution >= 4 is 22.6 Å². The lowest BCUT2D eigenvalue weighted by molar-refractivity contribution is 1.13. The summed E-state index contributed by atoms with van der Waals surface area (Å²) in [7, 11) is 0. The van der Waals surface area contributed by atoms with Crippen molar-refractivity contribution in [3.05, 3.63) is 36.0 Å². The number of nitriles is 1. The van der Waals surface area contributed by atoms with E-state index in [4.69, 9.17) is 11.0 Å². The van der Waals surface area contributed by atoms with Gasteiger partial charge >= 0.3 is 0 Å². The third-order valence-corrected chi connectivity index (χ3v) is 2.45. The van der Waals surface area contributed by atoms with Crippen molar-refractivity contribution in [2.45, 2.75) is 0 Å². The predicted octanol–water partition coefficient (Wildman–Crippen LogP) is 1.34. The number of fused-ring (bicyclic) bond motifs is 3. The van der Waals surface area contributed by atoms with Gasteiger partial charge in [0.25, 0.3) is 0 Å². The number of anilines is 1.